The molecule has 0 radical (unpaired) electrons. The van der Waals surface area contributed by atoms with Crippen molar-refractivity contribution in [3.63, 3.8) is 0 Å². The second-order valence-electron chi connectivity index (χ2n) is 3.06. The van der Waals surface area contributed by atoms with Gasteiger partial charge in [-0.05, 0) is 18.2 Å². The number of hydrogen-bond donors (Lipinski definition) is 0. The van der Waals surface area contributed by atoms with Crippen molar-refractivity contribution < 1.29 is 13.6 Å². The number of halogens is 2. The zero-order chi connectivity index (χ0) is 11.5. The Morgan fingerprint density at radius 1 is 1.06 bits per heavy atom. The first-order chi connectivity index (χ1) is 7.70. The van der Waals surface area contributed by atoms with Crippen LogP contribution in [0.2, 0.25) is 0 Å². The lowest BCUT2D eigenvalue weighted by Crippen LogP contribution is -2.07. The summed E-state index contributed by atoms with van der Waals surface area (Å²) in [6.07, 6.45) is 2.44. The molecule has 0 aliphatic rings. The summed E-state index contributed by atoms with van der Waals surface area (Å²) < 4.78 is 26.6. The number of aromatic nitrogens is 2. The Kier molecular flexibility index (Phi) is 2.68. The smallest absolute Gasteiger partial charge is 0.200 e. The van der Waals surface area contributed by atoms with Crippen LogP contribution in [0.25, 0.3) is 0 Å². The molecule has 80 valence electrons. The van der Waals surface area contributed by atoms with E-state index in [0.717, 1.165) is 18.3 Å². The topological polar surface area (TPSA) is 42.9 Å². The molecule has 1 aromatic carbocycles. The van der Waals surface area contributed by atoms with Gasteiger partial charge in [0.1, 0.15) is 11.6 Å². The molecule has 2 aromatic rings. The van der Waals surface area contributed by atoms with Crippen LogP contribution in [0.4, 0.5) is 8.78 Å². The number of hydrogen-bond acceptors (Lipinski definition) is 3. The van der Waals surface area contributed by atoms with E-state index in [-0.39, 0.29) is 5.56 Å². The van der Waals surface area contributed by atoms with Gasteiger partial charge < -0.3 is 0 Å². The van der Waals surface area contributed by atoms with Gasteiger partial charge in [-0.25, -0.2) is 8.78 Å². The zero-order valence-corrected chi connectivity index (χ0v) is 8.02. The number of carbonyl (C=O) groups is 1. The Morgan fingerprint density at radius 2 is 1.75 bits per heavy atom. The fourth-order valence-electron chi connectivity index (χ4n) is 1.28. The molecule has 1 heterocycles. The van der Waals surface area contributed by atoms with E-state index in [1.807, 2.05) is 0 Å². The highest BCUT2D eigenvalue weighted by Gasteiger charge is 2.18. The molecule has 0 amide bonds. The van der Waals surface area contributed by atoms with Crippen molar-refractivity contribution in [2.24, 2.45) is 0 Å². The van der Waals surface area contributed by atoms with Crippen LogP contribution in [0.3, 0.4) is 0 Å². The van der Waals surface area contributed by atoms with Gasteiger partial charge in [-0.3, -0.25) is 4.79 Å². The van der Waals surface area contributed by atoms with Crippen LogP contribution in [0, 0.1) is 11.6 Å². The van der Waals surface area contributed by atoms with E-state index in [4.69, 9.17) is 0 Å². The third-order valence-electron chi connectivity index (χ3n) is 2.04. The summed E-state index contributed by atoms with van der Waals surface area (Å²) in [5.74, 6) is -2.52. The molecule has 5 heteroatoms. The number of rotatable bonds is 2. The summed E-state index contributed by atoms with van der Waals surface area (Å²) in [5, 5.41) is 6.95. The largest absolute Gasteiger partial charge is 0.288 e. The van der Waals surface area contributed by atoms with Gasteiger partial charge in [0.05, 0.1) is 18.0 Å². The van der Waals surface area contributed by atoms with Crippen LogP contribution in [-0.2, 0) is 0 Å². The molecular weight excluding hydrogens is 214 g/mol. The van der Waals surface area contributed by atoms with Crippen molar-refractivity contribution in [2.45, 2.75) is 0 Å². The molecule has 0 N–H and O–H groups in total. The number of benzene rings is 1. The highest BCUT2D eigenvalue weighted by atomic mass is 19.1. The van der Waals surface area contributed by atoms with Crippen LogP contribution in [0.1, 0.15) is 15.9 Å². The number of ketones is 1. The Morgan fingerprint density at radius 3 is 2.31 bits per heavy atom. The van der Waals surface area contributed by atoms with E-state index < -0.39 is 23.0 Å². The van der Waals surface area contributed by atoms with Gasteiger partial charge in [-0.15, -0.1) is 0 Å². The van der Waals surface area contributed by atoms with Crippen LogP contribution in [0.5, 0.6) is 0 Å². The second-order valence-corrected chi connectivity index (χ2v) is 3.06. The number of nitrogens with zero attached hydrogens (tertiary/aromatic N) is 2. The molecule has 0 unspecified atom stereocenters. The van der Waals surface area contributed by atoms with Crippen LogP contribution >= 0.6 is 0 Å². The minimum atomic E-state index is -0.887. The normalized spacial score (nSPS) is 10.1. The van der Waals surface area contributed by atoms with Crippen molar-refractivity contribution >= 4 is 5.78 Å². The predicted octanol–water partition coefficient (Wildman–Crippen LogP) is 1.99. The Labute approximate surface area is 89.8 Å². The van der Waals surface area contributed by atoms with Gasteiger partial charge in [-0.2, -0.15) is 10.2 Å². The SMILES string of the molecule is O=C(c1ccnnc1)c1c(F)cccc1F. The molecule has 16 heavy (non-hydrogen) atoms. The van der Waals surface area contributed by atoms with E-state index in [2.05, 4.69) is 10.2 Å². The van der Waals surface area contributed by atoms with Crippen molar-refractivity contribution in [3.05, 3.63) is 59.4 Å². The highest BCUT2D eigenvalue weighted by molar-refractivity contribution is 6.09. The lowest BCUT2D eigenvalue weighted by Gasteiger charge is -2.02. The van der Waals surface area contributed by atoms with E-state index in [1.165, 1.54) is 18.3 Å². The first-order valence-electron chi connectivity index (χ1n) is 4.45. The summed E-state index contributed by atoms with van der Waals surface area (Å²) in [6, 6.07) is 4.61. The molecule has 2 rings (SSSR count). The zero-order valence-electron chi connectivity index (χ0n) is 8.02. The molecule has 0 atom stereocenters. The van der Waals surface area contributed by atoms with Gasteiger partial charge in [0, 0.05) is 5.56 Å². The molecule has 0 bridgehead atoms. The fourth-order valence-corrected chi connectivity index (χ4v) is 1.28. The van der Waals surface area contributed by atoms with E-state index in [1.54, 1.807) is 0 Å². The molecule has 3 nitrogen and oxygen atoms in total. The highest BCUT2D eigenvalue weighted by Crippen LogP contribution is 2.16. The summed E-state index contributed by atoms with van der Waals surface area (Å²) in [7, 11) is 0. The molecule has 0 aliphatic heterocycles. The fraction of sp³-hybridized carbons (Fsp3) is 0. The molecule has 0 saturated carbocycles. The quantitative estimate of drug-likeness (QED) is 0.727. The minimum absolute atomic E-state index is 0.0963. The van der Waals surface area contributed by atoms with E-state index in [9.17, 15) is 13.6 Å². The molecule has 0 aliphatic carbocycles. The maximum Gasteiger partial charge on any atom is 0.200 e. The van der Waals surface area contributed by atoms with E-state index in [0.29, 0.717) is 0 Å². The van der Waals surface area contributed by atoms with Gasteiger partial charge in [0.25, 0.3) is 0 Å². The monoisotopic (exact) mass is 220 g/mol. The Bertz CT molecular complexity index is 509. The minimum Gasteiger partial charge on any atom is -0.288 e. The van der Waals surface area contributed by atoms with Crippen molar-refractivity contribution in [2.75, 3.05) is 0 Å². The lowest BCUT2D eigenvalue weighted by atomic mass is 10.0. The predicted molar refractivity (Wildman–Crippen MR) is 51.8 cm³/mol. The average Bonchev–Trinajstić information content (AvgIpc) is 2.30. The molecule has 0 fully saturated rings. The van der Waals surface area contributed by atoms with Crippen molar-refractivity contribution in [1.82, 2.24) is 10.2 Å². The van der Waals surface area contributed by atoms with Gasteiger partial charge >= 0.3 is 0 Å². The first kappa shape index (κ1) is 10.4. The van der Waals surface area contributed by atoms with Gasteiger partial charge in [-0.1, -0.05) is 6.07 Å². The van der Waals surface area contributed by atoms with Gasteiger partial charge in [0.2, 0.25) is 5.78 Å². The second kappa shape index (κ2) is 4.14. The summed E-state index contributed by atoms with van der Waals surface area (Å²) in [5.41, 5.74) is -0.477. The summed E-state index contributed by atoms with van der Waals surface area (Å²) in [6.45, 7) is 0. The van der Waals surface area contributed by atoms with Crippen LogP contribution in [-0.4, -0.2) is 16.0 Å². The lowest BCUT2D eigenvalue weighted by molar-refractivity contribution is 0.103. The molecular formula is C11H6F2N2O. The Balaban J connectivity index is 2.50. The maximum absolute atomic E-state index is 13.3. The van der Waals surface area contributed by atoms with Crippen molar-refractivity contribution in [1.29, 1.82) is 0 Å². The molecule has 0 spiro atoms. The van der Waals surface area contributed by atoms with Gasteiger partial charge in [0.15, 0.2) is 0 Å². The van der Waals surface area contributed by atoms with Crippen molar-refractivity contribution in [3.8, 4) is 0 Å². The van der Waals surface area contributed by atoms with Crippen LogP contribution < -0.4 is 0 Å². The molecule has 1 aromatic heterocycles. The summed E-state index contributed by atoms with van der Waals surface area (Å²) in [4.78, 5) is 11.7. The molecule has 0 saturated heterocycles. The third-order valence-corrected chi connectivity index (χ3v) is 2.04. The van der Waals surface area contributed by atoms with Crippen LogP contribution in [0.15, 0.2) is 36.7 Å². The average molecular weight is 220 g/mol. The standard InChI is InChI=1S/C11H6F2N2O/c12-8-2-1-3-9(13)10(8)11(16)7-4-5-14-15-6-7/h1-6H. The third kappa shape index (κ3) is 1.79. The Hall–Kier alpha value is -2.17. The number of carbonyl (C=O) groups excluding carboxylic acids is 1. The maximum atomic E-state index is 13.3. The summed E-state index contributed by atoms with van der Waals surface area (Å²) >= 11 is 0. The van der Waals surface area contributed by atoms with E-state index >= 15 is 0 Å². The first-order valence-corrected chi connectivity index (χ1v) is 4.45.